The lowest BCUT2D eigenvalue weighted by Crippen LogP contribution is -1.66. The van der Waals surface area contributed by atoms with E-state index in [1.165, 1.54) is 0 Å². The van der Waals surface area contributed by atoms with Gasteiger partial charge in [0.2, 0.25) is 0 Å². The van der Waals surface area contributed by atoms with Gasteiger partial charge in [0.05, 0.1) is 0 Å². The van der Waals surface area contributed by atoms with Crippen molar-refractivity contribution in [3.8, 4) is 0 Å². The molecule has 1 rings (SSSR count). The van der Waals surface area contributed by atoms with E-state index in [9.17, 15) is 0 Å². The lowest BCUT2D eigenvalue weighted by Gasteiger charge is -1.77. The molecule has 0 bridgehead atoms. The first-order chi connectivity index (χ1) is 3.77. The minimum Gasteiger partial charge on any atom is -0.0914 e. The Morgan fingerprint density at radius 2 is 1.62 bits per heavy atom. The van der Waals surface area contributed by atoms with Gasteiger partial charge in [-0.25, -0.2) is 0 Å². The molecule has 0 radical (unpaired) electrons. The van der Waals surface area contributed by atoms with E-state index in [1.54, 1.807) is 0 Å². The van der Waals surface area contributed by atoms with Crippen molar-refractivity contribution in [1.29, 1.82) is 0 Å². The smallest absolute Gasteiger partial charge is 0.0177 e. The molecule has 0 heteroatoms. The summed E-state index contributed by atoms with van der Waals surface area (Å²) in [5, 5.41) is 0. The van der Waals surface area contributed by atoms with Gasteiger partial charge in [-0.15, -0.1) is 0 Å². The molecule has 0 amide bonds. The second-order valence-electron chi connectivity index (χ2n) is 2.82. The van der Waals surface area contributed by atoms with E-state index >= 15 is 0 Å². The Morgan fingerprint density at radius 3 is 1.75 bits per heavy atom. The van der Waals surface area contributed by atoms with Crippen LogP contribution in [0.3, 0.4) is 0 Å². The average molecular weight is 110 g/mol. The van der Waals surface area contributed by atoms with E-state index in [-0.39, 0.29) is 0 Å². The summed E-state index contributed by atoms with van der Waals surface area (Å²) in [4.78, 5) is 0. The zero-order chi connectivity index (χ0) is 6.15. The minimum atomic E-state index is 0.903. The van der Waals surface area contributed by atoms with Gasteiger partial charge in [0, 0.05) is 0 Å². The normalized spacial score (nSPS) is 45.6. The summed E-state index contributed by atoms with van der Waals surface area (Å²) in [6, 6.07) is 0. The highest BCUT2D eigenvalue weighted by Crippen LogP contribution is 2.46. The van der Waals surface area contributed by atoms with Gasteiger partial charge in [0.25, 0.3) is 0 Å². The van der Waals surface area contributed by atoms with Crippen LogP contribution in [-0.2, 0) is 0 Å². The van der Waals surface area contributed by atoms with Crippen LogP contribution in [0.1, 0.15) is 20.8 Å². The van der Waals surface area contributed by atoms with Crippen LogP contribution in [0.5, 0.6) is 0 Å². The Bertz CT molecular complexity index is 94.6. The quantitative estimate of drug-likeness (QED) is 0.455. The van der Waals surface area contributed by atoms with E-state index in [0.29, 0.717) is 0 Å². The molecule has 1 aliphatic rings. The first kappa shape index (κ1) is 5.87. The number of hydrogen-bond donors (Lipinski definition) is 0. The lowest BCUT2D eigenvalue weighted by molar-refractivity contribution is 0.834. The third-order valence-corrected chi connectivity index (χ3v) is 2.32. The van der Waals surface area contributed by atoms with E-state index in [1.807, 2.05) is 0 Å². The van der Waals surface area contributed by atoms with Crippen molar-refractivity contribution in [2.24, 2.45) is 17.8 Å². The van der Waals surface area contributed by atoms with E-state index in [2.05, 4.69) is 32.9 Å². The molecule has 0 aromatic rings. The molecule has 1 aliphatic carbocycles. The van der Waals surface area contributed by atoms with Gasteiger partial charge in [-0.3, -0.25) is 0 Å². The molecule has 2 atom stereocenters. The molecule has 0 N–H and O–H groups in total. The molecule has 1 fully saturated rings. The fraction of sp³-hybridized carbons (Fsp3) is 0.750. The maximum atomic E-state index is 2.31. The second kappa shape index (κ2) is 1.93. The summed E-state index contributed by atoms with van der Waals surface area (Å²) in [7, 11) is 0. The average Bonchev–Trinajstić information content (AvgIpc) is 2.25. The summed E-state index contributed by atoms with van der Waals surface area (Å²) >= 11 is 0. The summed E-state index contributed by atoms with van der Waals surface area (Å²) in [5.41, 5.74) is 0. The van der Waals surface area contributed by atoms with Gasteiger partial charge < -0.3 is 0 Å². The highest BCUT2D eigenvalue weighted by Gasteiger charge is 2.39. The molecule has 1 saturated carbocycles. The van der Waals surface area contributed by atoms with Crippen molar-refractivity contribution < 1.29 is 0 Å². The van der Waals surface area contributed by atoms with Gasteiger partial charge >= 0.3 is 0 Å². The number of rotatable bonds is 1. The fourth-order valence-electron chi connectivity index (χ4n) is 1.27. The number of hydrogen-bond acceptors (Lipinski definition) is 0. The van der Waals surface area contributed by atoms with E-state index < -0.39 is 0 Å². The zero-order valence-corrected chi connectivity index (χ0v) is 5.89. The molecule has 0 aromatic carbocycles. The maximum absolute atomic E-state index is 2.31. The van der Waals surface area contributed by atoms with Crippen molar-refractivity contribution in [2.75, 3.05) is 0 Å². The molecule has 0 nitrogen and oxygen atoms in total. The molecular formula is C8H14. The molecule has 0 saturated heterocycles. The molecule has 2 unspecified atom stereocenters. The van der Waals surface area contributed by atoms with Gasteiger partial charge in [-0.05, 0) is 24.7 Å². The van der Waals surface area contributed by atoms with E-state index in [4.69, 9.17) is 0 Å². The second-order valence-corrected chi connectivity index (χ2v) is 2.82. The largest absolute Gasteiger partial charge is 0.0914 e. The summed E-state index contributed by atoms with van der Waals surface area (Å²) in [6.07, 6.45) is 4.47. The zero-order valence-electron chi connectivity index (χ0n) is 5.89. The summed E-state index contributed by atoms with van der Waals surface area (Å²) in [5.74, 6) is 2.80. The van der Waals surface area contributed by atoms with Crippen LogP contribution < -0.4 is 0 Å². The Labute approximate surface area is 51.6 Å². The molecule has 0 aromatic heterocycles. The SMILES string of the molecule is CC=CC1C(C)C1C. The molecule has 0 heterocycles. The van der Waals surface area contributed by atoms with Crippen LogP contribution >= 0.6 is 0 Å². The van der Waals surface area contributed by atoms with Crippen molar-refractivity contribution in [3.05, 3.63) is 12.2 Å². The lowest BCUT2D eigenvalue weighted by atomic mass is 10.3. The predicted molar refractivity (Wildman–Crippen MR) is 36.6 cm³/mol. The Morgan fingerprint density at radius 1 is 1.12 bits per heavy atom. The van der Waals surface area contributed by atoms with Crippen molar-refractivity contribution >= 4 is 0 Å². The molecule has 0 spiro atoms. The van der Waals surface area contributed by atoms with Gasteiger partial charge in [0.1, 0.15) is 0 Å². The van der Waals surface area contributed by atoms with Crippen LogP contribution in [-0.4, -0.2) is 0 Å². The van der Waals surface area contributed by atoms with Crippen LogP contribution in [0.15, 0.2) is 12.2 Å². The topological polar surface area (TPSA) is 0 Å². The minimum absolute atomic E-state index is 0.903. The van der Waals surface area contributed by atoms with Crippen LogP contribution in [0.4, 0.5) is 0 Å². The Balaban J connectivity index is 2.33. The highest BCUT2D eigenvalue weighted by molar-refractivity contribution is 5.03. The molecule has 46 valence electrons. The molecule has 8 heavy (non-hydrogen) atoms. The Kier molecular flexibility index (Phi) is 1.41. The maximum Gasteiger partial charge on any atom is -0.0177 e. The standard InChI is InChI=1S/C8H14/c1-4-5-8-6(2)7(8)3/h4-8H,1-3H3. The summed E-state index contributed by atoms with van der Waals surface area (Å²) in [6.45, 7) is 6.72. The predicted octanol–water partition coefficient (Wildman–Crippen LogP) is 2.46. The monoisotopic (exact) mass is 110 g/mol. The van der Waals surface area contributed by atoms with Gasteiger partial charge in [-0.2, -0.15) is 0 Å². The fourth-order valence-corrected chi connectivity index (χ4v) is 1.27. The van der Waals surface area contributed by atoms with Crippen molar-refractivity contribution in [2.45, 2.75) is 20.8 Å². The third-order valence-electron chi connectivity index (χ3n) is 2.32. The first-order valence-electron chi connectivity index (χ1n) is 3.40. The van der Waals surface area contributed by atoms with Crippen molar-refractivity contribution in [3.63, 3.8) is 0 Å². The van der Waals surface area contributed by atoms with Crippen LogP contribution in [0, 0.1) is 17.8 Å². The van der Waals surface area contributed by atoms with Crippen LogP contribution in [0.2, 0.25) is 0 Å². The highest BCUT2D eigenvalue weighted by atomic mass is 14.4. The summed E-state index contributed by atoms with van der Waals surface area (Å²) < 4.78 is 0. The Hall–Kier alpha value is -0.260. The van der Waals surface area contributed by atoms with Crippen LogP contribution in [0.25, 0.3) is 0 Å². The van der Waals surface area contributed by atoms with E-state index in [0.717, 1.165) is 17.8 Å². The van der Waals surface area contributed by atoms with Gasteiger partial charge in [-0.1, -0.05) is 26.0 Å². The molecular weight excluding hydrogens is 96.1 g/mol. The first-order valence-corrected chi connectivity index (χ1v) is 3.40. The molecule has 0 aliphatic heterocycles. The third kappa shape index (κ3) is 0.795. The number of allylic oxidation sites excluding steroid dienone is 2. The van der Waals surface area contributed by atoms with Gasteiger partial charge in [0.15, 0.2) is 0 Å². The van der Waals surface area contributed by atoms with Crippen molar-refractivity contribution in [1.82, 2.24) is 0 Å².